The van der Waals surface area contributed by atoms with Crippen LogP contribution in [0.3, 0.4) is 0 Å². The molecule has 0 fully saturated rings. The molecule has 0 radical (unpaired) electrons. The number of carbonyl (C=O) groups is 2. The zero-order chi connectivity index (χ0) is 17.9. The second-order valence-corrected chi connectivity index (χ2v) is 6.11. The van der Waals surface area contributed by atoms with E-state index >= 15 is 0 Å². The summed E-state index contributed by atoms with van der Waals surface area (Å²) in [5.41, 5.74) is 0.318. The lowest BCUT2D eigenvalue weighted by atomic mass is 10.1. The number of aromatic nitrogens is 1. The van der Waals surface area contributed by atoms with Gasteiger partial charge >= 0.3 is 12.1 Å². The molecule has 0 saturated carbocycles. The Bertz CT molecular complexity index is 863. The second kappa shape index (κ2) is 6.59. The normalized spacial score (nSPS) is 11.9. The Kier molecular flexibility index (Phi) is 4.74. The van der Waals surface area contributed by atoms with Gasteiger partial charge in [0.2, 0.25) is 0 Å². The monoisotopic (exact) mass is 326 g/mol. The molecule has 6 nitrogen and oxygen atoms in total. The summed E-state index contributed by atoms with van der Waals surface area (Å²) in [6, 6.07) is 8.89. The predicted octanol–water partition coefficient (Wildman–Crippen LogP) is 3.50. The van der Waals surface area contributed by atoms with Crippen molar-refractivity contribution in [1.82, 2.24) is 4.57 Å². The first-order chi connectivity index (χ1) is 11.3. The van der Waals surface area contributed by atoms with Crippen LogP contribution in [0.2, 0.25) is 0 Å². The largest absolute Gasteiger partial charge is 0.465 e. The molecular formula is C18H18N2O4. The van der Waals surface area contributed by atoms with E-state index in [9.17, 15) is 9.59 Å². The van der Waals surface area contributed by atoms with Crippen LogP contribution in [0, 0.1) is 11.3 Å². The molecule has 2 rings (SSSR count). The molecule has 1 aromatic heterocycles. The van der Waals surface area contributed by atoms with Crippen LogP contribution in [0.4, 0.5) is 4.79 Å². The van der Waals surface area contributed by atoms with Gasteiger partial charge in [-0.15, -0.1) is 0 Å². The maximum atomic E-state index is 12.4. The molecule has 0 bridgehead atoms. The van der Waals surface area contributed by atoms with Crippen molar-refractivity contribution in [3.8, 4) is 6.07 Å². The molecule has 0 saturated heterocycles. The SMILES string of the molecule is COC(=O)/C(C#N)=C\c1cccc2ccn(C(=O)OC(C)(C)C)c12. The van der Waals surface area contributed by atoms with Crippen molar-refractivity contribution < 1.29 is 19.1 Å². The van der Waals surface area contributed by atoms with E-state index in [0.717, 1.165) is 5.39 Å². The maximum Gasteiger partial charge on any atom is 0.419 e. The molecule has 1 heterocycles. The Morgan fingerprint density at radius 2 is 1.96 bits per heavy atom. The van der Waals surface area contributed by atoms with Gasteiger partial charge in [0.15, 0.2) is 0 Å². The number of hydrogen-bond donors (Lipinski definition) is 0. The smallest absolute Gasteiger partial charge is 0.419 e. The summed E-state index contributed by atoms with van der Waals surface area (Å²) in [5, 5.41) is 9.91. The standard InChI is InChI=1S/C18H18N2O4/c1-18(2,3)24-17(22)20-9-8-12-6-5-7-13(15(12)20)10-14(11-19)16(21)23-4/h5-10H,1-4H3/b14-10-. The number of fused-ring (bicyclic) bond motifs is 1. The minimum Gasteiger partial charge on any atom is -0.465 e. The molecule has 124 valence electrons. The molecule has 24 heavy (non-hydrogen) atoms. The molecule has 0 N–H and O–H groups in total. The molecule has 0 aliphatic heterocycles. The average Bonchev–Trinajstić information content (AvgIpc) is 2.95. The number of nitrogens with zero attached hydrogens (tertiary/aromatic N) is 2. The fraction of sp³-hybridized carbons (Fsp3) is 0.278. The van der Waals surface area contributed by atoms with E-state index < -0.39 is 17.7 Å². The molecule has 2 aromatic rings. The van der Waals surface area contributed by atoms with Crippen LogP contribution in [-0.4, -0.2) is 29.3 Å². The Balaban J connectivity index is 2.59. The van der Waals surface area contributed by atoms with Crippen molar-refractivity contribution in [2.45, 2.75) is 26.4 Å². The Labute approximate surface area is 139 Å². The fourth-order valence-electron chi connectivity index (χ4n) is 2.20. The fourth-order valence-corrected chi connectivity index (χ4v) is 2.20. The van der Waals surface area contributed by atoms with Crippen molar-refractivity contribution in [1.29, 1.82) is 5.26 Å². The first kappa shape index (κ1) is 17.3. The molecule has 0 aliphatic carbocycles. The van der Waals surface area contributed by atoms with Crippen LogP contribution in [0.5, 0.6) is 0 Å². The summed E-state index contributed by atoms with van der Waals surface area (Å²) in [6.45, 7) is 5.34. The minimum absolute atomic E-state index is 0.151. The predicted molar refractivity (Wildman–Crippen MR) is 89.2 cm³/mol. The van der Waals surface area contributed by atoms with E-state index in [-0.39, 0.29) is 5.57 Å². The van der Waals surface area contributed by atoms with Gasteiger partial charge in [0.05, 0.1) is 12.6 Å². The van der Waals surface area contributed by atoms with Gasteiger partial charge in [0.25, 0.3) is 0 Å². The summed E-state index contributed by atoms with van der Waals surface area (Å²) in [4.78, 5) is 24.0. The Hall–Kier alpha value is -3.07. The summed E-state index contributed by atoms with van der Waals surface area (Å²) in [6.07, 6.45) is 2.46. The summed E-state index contributed by atoms with van der Waals surface area (Å²) < 4.78 is 11.3. The zero-order valence-corrected chi connectivity index (χ0v) is 14.0. The van der Waals surface area contributed by atoms with Crippen molar-refractivity contribution in [3.63, 3.8) is 0 Å². The van der Waals surface area contributed by atoms with Gasteiger partial charge in [-0.1, -0.05) is 18.2 Å². The highest BCUT2D eigenvalue weighted by Crippen LogP contribution is 2.24. The molecular weight excluding hydrogens is 308 g/mol. The molecule has 0 amide bonds. The van der Waals surface area contributed by atoms with Crippen LogP contribution in [0.1, 0.15) is 26.3 Å². The van der Waals surface area contributed by atoms with Gasteiger partial charge in [-0.25, -0.2) is 9.59 Å². The van der Waals surface area contributed by atoms with E-state index in [4.69, 9.17) is 10.00 Å². The number of hydrogen-bond acceptors (Lipinski definition) is 5. The minimum atomic E-state index is -0.732. The molecule has 0 spiro atoms. The summed E-state index contributed by atoms with van der Waals surface area (Å²) in [7, 11) is 1.21. The van der Waals surface area contributed by atoms with Gasteiger partial charge in [-0.05, 0) is 32.9 Å². The number of methoxy groups -OCH3 is 1. The lowest BCUT2D eigenvalue weighted by molar-refractivity contribution is -0.135. The van der Waals surface area contributed by atoms with Crippen molar-refractivity contribution in [2.75, 3.05) is 7.11 Å². The first-order valence-electron chi connectivity index (χ1n) is 7.30. The van der Waals surface area contributed by atoms with Gasteiger partial charge < -0.3 is 9.47 Å². The van der Waals surface area contributed by atoms with E-state index in [0.29, 0.717) is 11.1 Å². The number of benzene rings is 1. The third-order valence-electron chi connectivity index (χ3n) is 3.16. The highest BCUT2D eigenvalue weighted by molar-refractivity contribution is 6.02. The number of para-hydroxylation sites is 1. The maximum absolute atomic E-state index is 12.4. The molecule has 0 unspecified atom stereocenters. The first-order valence-corrected chi connectivity index (χ1v) is 7.30. The van der Waals surface area contributed by atoms with Crippen LogP contribution in [0.25, 0.3) is 17.0 Å². The van der Waals surface area contributed by atoms with Gasteiger partial charge in [0.1, 0.15) is 17.2 Å². The van der Waals surface area contributed by atoms with Gasteiger partial charge in [0, 0.05) is 17.1 Å². The van der Waals surface area contributed by atoms with E-state index in [1.165, 1.54) is 17.8 Å². The summed E-state index contributed by atoms with van der Waals surface area (Å²) >= 11 is 0. The lowest BCUT2D eigenvalue weighted by Gasteiger charge is -2.20. The number of ether oxygens (including phenoxy) is 2. The summed E-state index contributed by atoms with van der Waals surface area (Å²) in [5.74, 6) is -0.732. The topological polar surface area (TPSA) is 81.3 Å². The van der Waals surface area contributed by atoms with Crippen LogP contribution in [-0.2, 0) is 14.3 Å². The zero-order valence-electron chi connectivity index (χ0n) is 14.0. The van der Waals surface area contributed by atoms with E-state index in [1.54, 1.807) is 51.2 Å². The molecule has 6 heteroatoms. The lowest BCUT2D eigenvalue weighted by Crippen LogP contribution is -2.26. The van der Waals surface area contributed by atoms with Crippen LogP contribution in [0.15, 0.2) is 36.0 Å². The van der Waals surface area contributed by atoms with Crippen molar-refractivity contribution in [3.05, 3.63) is 41.6 Å². The molecule has 0 atom stereocenters. The average molecular weight is 326 g/mol. The van der Waals surface area contributed by atoms with E-state index in [1.807, 2.05) is 6.07 Å². The van der Waals surface area contributed by atoms with Crippen LogP contribution < -0.4 is 0 Å². The Morgan fingerprint density at radius 3 is 2.54 bits per heavy atom. The quantitative estimate of drug-likeness (QED) is 0.479. The number of esters is 1. The van der Waals surface area contributed by atoms with Crippen molar-refractivity contribution >= 4 is 29.0 Å². The van der Waals surface area contributed by atoms with Gasteiger partial charge in [-0.2, -0.15) is 5.26 Å². The number of rotatable bonds is 2. The highest BCUT2D eigenvalue weighted by Gasteiger charge is 2.20. The van der Waals surface area contributed by atoms with E-state index in [2.05, 4.69) is 4.74 Å². The highest BCUT2D eigenvalue weighted by atomic mass is 16.6. The van der Waals surface area contributed by atoms with Crippen LogP contribution >= 0.6 is 0 Å². The number of carbonyl (C=O) groups excluding carboxylic acids is 2. The molecule has 0 aliphatic rings. The van der Waals surface area contributed by atoms with Crippen molar-refractivity contribution in [2.24, 2.45) is 0 Å². The number of nitriles is 1. The second-order valence-electron chi connectivity index (χ2n) is 6.11. The third-order valence-corrected chi connectivity index (χ3v) is 3.16. The third kappa shape index (κ3) is 3.63. The van der Waals surface area contributed by atoms with Gasteiger partial charge in [-0.3, -0.25) is 4.57 Å². The Morgan fingerprint density at radius 1 is 1.25 bits per heavy atom. The molecule has 1 aromatic carbocycles.